The number of hydrogen-bond donors (Lipinski definition) is 1. The molecule has 2 aromatic carbocycles. The summed E-state index contributed by atoms with van der Waals surface area (Å²) in [6, 6.07) is 12.6. The maximum absolute atomic E-state index is 11.2. The maximum atomic E-state index is 11.2. The second kappa shape index (κ2) is 9.82. The van der Waals surface area contributed by atoms with E-state index in [9.17, 15) is 5.11 Å². The van der Waals surface area contributed by atoms with Crippen LogP contribution in [-0.2, 0) is 12.8 Å². The van der Waals surface area contributed by atoms with E-state index < -0.39 is 0 Å². The van der Waals surface area contributed by atoms with E-state index in [-0.39, 0.29) is 5.60 Å². The second-order valence-corrected chi connectivity index (χ2v) is 8.25. The van der Waals surface area contributed by atoms with Crippen LogP contribution in [0.25, 0.3) is 6.08 Å². The monoisotopic (exact) mass is 390 g/mol. The number of phenols is 1. The van der Waals surface area contributed by atoms with Crippen LogP contribution < -0.4 is 4.74 Å². The summed E-state index contributed by atoms with van der Waals surface area (Å²) in [6.45, 7) is 6.39. The van der Waals surface area contributed by atoms with E-state index in [1.54, 1.807) is 0 Å². The van der Waals surface area contributed by atoms with Gasteiger partial charge in [-0.15, -0.1) is 0 Å². The molecule has 0 aliphatic carbocycles. The highest BCUT2D eigenvalue weighted by Crippen LogP contribution is 2.42. The van der Waals surface area contributed by atoms with Crippen molar-refractivity contribution in [1.82, 2.24) is 0 Å². The Hall–Kier alpha value is -2.48. The summed E-state index contributed by atoms with van der Waals surface area (Å²) in [7, 11) is 0. The van der Waals surface area contributed by atoms with Crippen molar-refractivity contribution in [1.29, 1.82) is 0 Å². The van der Waals surface area contributed by atoms with E-state index in [1.165, 1.54) is 24.0 Å². The topological polar surface area (TPSA) is 29.5 Å². The van der Waals surface area contributed by atoms with Crippen LogP contribution >= 0.6 is 0 Å². The molecule has 0 amide bonds. The van der Waals surface area contributed by atoms with Crippen LogP contribution in [0.15, 0.2) is 54.6 Å². The van der Waals surface area contributed by atoms with Crippen molar-refractivity contribution in [3.8, 4) is 11.5 Å². The van der Waals surface area contributed by atoms with Crippen LogP contribution in [0, 0.1) is 0 Å². The van der Waals surface area contributed by atoms with E-state index in [0.29, 0.717) is 5.75 Å². The van der Waals surface area contributed by atoms with E-state index in [1.807, 2.05) is 19.1 Å². The van der Waals surface area contributed by atoms with Gasteiger partial charge in [-0.25, -0.2) is 0 Å². The first-order chi connectivity index (χ1) is 14.1. The van der Waals surface area contributed by atoms with Gasteiger partial charge in [-0.2, -0.15) is 0 Å². The van der Waals surface area contributed by atoms with Crippen molar-refractivity contribution in [2.24, 2.45) is 0 Å². The molecular weight excluding hydrogens is 356 g/mol. The first-order valence-corrected chi connectivity index (χ1v) is 11.0. The number of fused-ring (bicyclic) bond motifs is 1. The quantitative estimate of drug-likeness (QED) is 0.361. The number of aryl methyl sites for hydroxylation is 1. The lowest BCUT2D eigenvalue weighted by atomic mass is 9.89. The van der Waals surface area contributed by atoms with Gasteiger partial charge in [0.05, 0.1) is 5.56 Å². The Morgan fingerprint density at radius 3 is 2.66 bits per heavy atom. The Kier molecular flexibility index (Phi) is 7.19. The normalized spacial score (nSPS) is 18.0. The van der Waals surface area contributed by atoms with Crippen LogP contribution in [-0.4, -0.2) is 10.7 Å². The molecule has 2 aromatic rings. The number of aromatic hydroxyl groups is 1. The molecule has 154 valence electrons. The van der Waals surface area contributed by atoms with Crippen molar-refractivity contribution >= 4 is 6.08 Å². The molecule has 0 fully saturated rings. The molecule has 1 aliphatic heterocycles. The highest BCUT2D eigenvalue weighted by atomic mass is 16.5. The number of rotatable bonds is 9. The highest BCUT2D eigenvalue weighted by molar-refractivity contribution is 5.70. The third-order valence-corrected chi connectivity index (χ3v) is 5.76. The second-order valence-electron chi connectivity index (χ2n) is 8.25. The minimum absolute atomic E-state index is 0.333. The summed E-state index contributed by atoms with van der Waals surface area (Å²) in [6.07, 6.45) is 15.5. The lowest BCUT2D eigenvalue weighted by Crippen LogP contribution is -2.31. The first kappa shape index (κ1) is 21.2. The summed E-state index contributed by atoms with van der Waals surface area (Å²) >= 11 is 0. The SMILES string of the molecule is C/C=C/CCC1(C)C=Cc2c(cc(CCCCC)c(Cc3ccccc3)c2O)O1. The number of phenolic OH excluding ortho intramolecular Hbond substituents is 1. The first-order valence-electron chi connectivity index (χ1n) is 11.0. The summed E-state index contributed by atoms with van der Waals surface area (Å²) in [4.78, 5) is 0. The van der Waals surface area contributed by atoms with Crippen LogP contribution in [0.4, 0.5) is 0 Å². The molecule has 1 N–H and O–H groups in total. The largest absolute Gasteiger partial charge is 0.507 e. The molecule has 1 aliphatic rings. The summed E-state index contributed by atoms with van der Waals surface area (Å²) < 4.78 is 6.42. The Morgan fingerprint density at radius 2 is 1.93 bits per heavy atom. The molecule has 1 unspecified atom stereocenters. The Bertz CT molecular complexity index is 864. The summed E-state index contributed by atoms with van der Waals surface area (Å²) in [5.74, 6) is 1.20. The van der Waals surface area contributed by atoms with Gasteiger partial charge in [-0.1, -0.05) is 62.2 Å². The van der Waals surface area contributed by atoms with Crippen molar-refractivity contribution in [3.05, 3.63) is 76.9 Å². The van der Waals surface area contributed by atoms with Gasteiger partial charge >= 0.3 is 0 Å². The Labute approximate surface area is 175 Å². The van der Waals surface area contributed by atoms with Crippen molar-refractivity contribution in [2.45, 2.75) is 71.3 Å². The van der Waals surface area contributed by atoms with Crippen LogP contribution in [0.5, 0.6) is 11.5 Å². The zero-order valence-corrected chi connectivity index (χ0v) is 18.1. The fourth-order valence-electron chi connectivity index (χ4n) is 4.00. The number of ether oxygens (including phenoxy) is 1. The molecule has 3 rings (SSSR count). The summed E-state index contributed by atoms with van der Waals surface area (Å²) in [5.41, 5.74) is 3.96. The minimum Gasteiger partial charge on any atom is -0.507 e. The average Bonchev–Trinajstić information content (AvgIpc) is 2.71. The molecule has 29 heavy (non-hydrogen) atoms. The van der Waals surface area contributed by atoms with Gasteiger partial charge in [-0.05, 0) is 68.9 Å². The predicted octanol–water partition coefficient (Wildman–Crippen LogP) is 7.24. The molecule has 2 heteroatoms. The molecule has 0 radical (unpaired) electrons. The number of unbranched alkanes of at least 4 members (excludes halogenated alkanes) is 2. The number of hydrogen-bond acceptors (Lipinski definition) is 2. The molecule has 0 spiro atoms. The third kappa shape index (κ3) is 5.32. The predicted molar refractivity (Wildman–Crippen MR) is 123 cm³/mol. The fourth-order valence-corrected chi connectivity index (χ4v) is 4.00. The number of benzene rings is 2. The van der Waals surface area contributed by atoms with Crippen LogP contribution in [0.2, 0.25) is 0 Å². The lowest BCUT2D eigenvalue weighted by Gasteiger charge is -2.32. The molecule has 0 bridgehead atoms. The van der Waals surface area contributed by atoms with Gasteiger partial charge < -0.3 is 9.84 Å². The molecule has 0 saturated carbocycles. The van der Waals surface area contributed by atoms with Crippen molar-refractivity contribution < 1.29 is 9.84 Å². The molecule has 2 nitrogen and oxygen atoms in total. The van der Waals surface area contributed by atoms with E-state index >= 15 is 0 Å². The van der Waals surface area contributed by atoms with Crippen molar-refractivity contribution in [2.75, 3.05) is 0 Å². The standard InChI is InChI=1S/C27H34O2/c1-4-6-9-15-22-20-25-23(16-18-27(3,29-25)17-12-7-5-2)26(28)24(22)19-21-13-10-8-11-14-21/h5,7-8,10-11,13-14,16,18,20,28H,4,6,9,12,15,17,19H2,1-3H3/b7-5+. The van der Waals surface area contributed by atoms with Gasteiger partial charge in [-0.3, -0.25) is 0 Å². The molecule has 0 saturated heterocycles. The van der Waals surface area contributed by atoms with E-state index in [2.05, 4.69) is 62.4 Å². The maximum Gasteiger partial charge on any atom is 0.131 e. The van der Waals surface area contributed by atoms with Gasteiger partial charge in [0.1, 0.15) is 17.1 Å². The third-order valence-electron chi connectivity index (χ3n) is 5.76. The number of allylic oxidation sites excluding steroid dienone is 2. The minimum atomic E-state index is -0.333. The zero-order chi connectivity index (χ0) is 20.7. The van der Waals surface area contributed by atoms with Crippen molar-refractivity contribution in [3.63, 3.8) is 0 Å². The smallest absolute Gasteiger partial charge is 0.131 e. The fraction of sp³-hybridized carbons (Fsp3) is 0.407. The zero-order valence-electron chi connectivity index (χ0n) is 18.1. The highest BCUT2D eigenvalue weighted by Gasteiger charge is 2.29. The molecular formula is C27H34O2. The Balaban J connectivity index is 1.94. The van der Waals surface area contributed by atoms with E-state index in [4.69, 9.17) is 4.74 Å². The van der Waals surface area contributed by atoms with Crippen LogP contribution in [0.3, 0.4) is 0 Å². The van der Waals surface area contributed by atoms with E-state index in [0.717, 1.165) is 49.0 Å². The Morgan fingerprint density at radius 1 is 1.14 bits per heavy atom. The van der Waals surface area contributed by atoms with Gasteiger partial charge in [0.25, 0.3) is 0 Å². The summed E-state index contributed by atoms with van der Waals surface area (Å²) in [5, 5.41) is 11.2. The van der Waals surface area contributed by atoms with Gasteiger partial charge in [0.2, 0.25) is 0 Å². The van der Waals surface area contributed by atoms with Gasteiger partial charge in [0, 0.05) is 12.0 Å². The molecule has 1 atom stereocenters. The average molecular weight is 391 g/mol. The van der Waals surface area contributed by atoms with Crippen LogP contribution in [0.1, 0.15) is 75.1 Å². The molecule has 0 aromatic heterocycles. The lowest BCUT2D eigenvalue weighted by molar-refractivity contribution is 0.128. The van der Waals surface area contributed by atoms with Gasteiger partial charge in [0.15, 0.2) is 0 Å². The molecule has 1 heterocycles.